The lowest BCUT2D eigenvalue weighted by Crippen LogP contribution is -2.43. The summed E-state index contributed by atoms with van der Waals surface area (Å²) in [7, 11) is 0. The number of carbonyl (C=O) groups excluding carboxylic acids is 1. The first-order chi connectivity index (χ1) is 10.7. The van der Waals surface area contributed by atoms with Gasteiger partial charge in [-0.15, -0.1) is 0 Å². The predicted molar refractivity (Wildman–Crippen MR) is 86.2 cm³/mol. The summed E-state index contributed by atoms with van der Waals surface area (Å²) in [6.07, 6.45) is 2.84. The van der Waals surface area contributed by atoms with Crippen molar-refractivity contribution < 1.29 is 14.3 Å². The molecule has 0 atom stereocenters. The second-order valence-corrected chi connectivity index (χ2v) is 5.72. The van der Waals surface area contributed by atoms with E-state index >= 15 is 0 Å². The number of nitrogens with zero attached hydrogens (tertiary/aromatic N) is 1. The fraction of sp³-hybridized carbons (Fsp3) is 0.562. The number of piperidine rings is 1. The number of ether oxygens (including phenoxy) is 2. The predicted octanol–water partition coefficient (Wildman–Crippen LogP) is 2.08. The van der Waals surface area contributed by atoms with Gasteiger partial charge in [-0.2, -0.15) is 0 Å². The third-order valence-electron chi connectivity index (χ3n) is 3.68. The van der Waals surface area contributed by atoms with Gasteiger partial charge in [0.2, 0.25) is 0 Å². The summed E-state index contributed by atoms with van der Waals surface area (Å²) in [5, 5.41) is 0.516. The van der Waals surface area contributed by atoms with Crippen molar-refractivity contribution in [1.82, 2.24) is 4.90 Å². The van der Waals surface area contributed by atoms with E-state index in [4.69, 9.17) is 26.8 Å². The molecular formula is C16H23ClN2O3. The summed E-state index contributed by atoms with van der Waals surface area (Å²) in [6.45, 7) is 2.78. The van der Waals surface area contributed by atoms with Crippen LogP contribution in [-0.2, 0) is 9.53 Å². The van der Waals surface area contributed by atoms with E-state index in [2.05, 4.69) is 0 Å². The SMILES string of the molecule is NCCCOC1CCN(C(=O)COc2ccccc2Cl)CC1. The van der Waals surface area contributed by atoms with E-state index in [1.807, 2.05) is 17.0 Å². The summed E-state index contributed by atoms with van der Waals surface area (Å²) in [6, 6.07) is 7.15. The van der Waals surface area contributed by atoms with E-state index in [0.29, 0.717) is 37.0 Å². The first kappa shape index (κ1) is 17.1. The van der Waals surface area contributed by atoms with Crippen molar-refractivity contribution in [3.8, 4) is 5.75 Å². The van der Waals surface area contributed by atoms with Gasteiger partial charge < -0.3 is 20.1 Å². The van der Waals surface area contributed by atoms with Gasteiger partial charge in [0.15, 0.2) is 6.61 Å². The van der Waals surface area contributed by atoms with Crippen LogP contribution in [0.25, 0.3) is 0 Å². The van der Waals surface area contributed by atoms with Gasteiger partial charge in [-0.3, -0.25) is 4.79 Å². The lowest BCUT2D eigenvalue weighted by molar-refractivity contribution is -0.136. The topological polar surface area (TPSA) is 64.8 Å². The monoisotopic (exact) mass is 326 g/mol. The van der Waals surface area contributed by atoms with Crippen LogP contribution in [0.1, 0.15) is 19.3 Å². The Labute approximate surface area is 136 Å². The normalized spacial score (nSPS) is 15.8. The molecule has 1 heterocycles. The van der Waals surface area contributed by atoms with Gasteiger partial charge in [-0.25, -0.2) is 0 Å². The highest BCUT2D eigenvalue weighted by molar-refractivity contribution is 6.32. The molecule has 0 unspecified atom stereocenters. The molecule has 1 aromatic carbocycles. The molecule has 1 saturated heterocycles. The Morgan fingerprint density at radius 3 is 2.73 bits per heavy atom. The lowest BCUT2D eigenvalue weighted by atomic mass is 10.1. The second-order valence-electron chi connectivity index (χ2n) is 5.31. The molecule has 0 spiro atoms. The molecule has 5 nitrogen and oxygen atoms in total. The van der Waals surface area contributed by atoms with Crippen LogP contribution >= 0.6 is 11.6 Å². The molecule has 0 aromatic heterocycles. The van der Waals surface area contributed by atoms with Crippen molar-refractivity contribution in [2.75, 3.05) is 32.8 Å². The Hall–Kier alpha value is -1.30. The maximum atomic E-state index is 12.2. The number of likely N-dealkylation sites (tertiary alicyclic amines) is 1. The molecule has 2 N–H and O–H groups in total. The molecule has 0 saturated carbocycles. The van der Waals surface area contributed by atoms with Crippen LogP contribution < -0.4 is 10.5 Å². The lowest BCUT2D eigenvalue weighted by Gasteiger charge is -2.32. The fourth-order valence-corrected chi connectivity index (χ4v) is 2.59. The van der Waals surface area contributed by atoms with Crippen LogP contribution in [0, 0.1) is 0 Å². The number of rotatable bonds is 7. The minimum absolute atomic E-state index is 0.0136. The van der Waals surface area contributed by atoms with Gasteiger partial charge in [-0.05, 0) is 37.9 Å². The largest absolute Gasteiger partial charge is 0.482 e. The molecule has 0 aliphatic carbocycles. The Morgan fingerprint density at radius 2 is 2.05 bits per heavy atom. The van der Waals surface area contributed by atoms with Crippen LogP contribution in [-0.4, -0.2) is 49.8 Å². The molecule has 2 rings (SSSR count). The van der Waals surface area contributed by atoms with Crippen molar-refractivity contribution in [3.63, 3.8) is 0 Å². The second kappa shape index (κ2) is 8.98. The van der Waals surface area contributed by atoms with Gasteiger partial charge in [0.25, 0.3) is 5.91 Å². The van der Waals surface area contributed by atoms with Crippen LogP contribution in [0.4, 0.5) is 0 Å². The Morgan fingerprint density at radius 1 is 1.32 bits per heavy atom. The van der Waals surface area contributed by atoms with Gasteiger partial charge >= 0.3 is 0 Å². The number of hydrogen-bond donors (Lipinski definition) is 1. The summed E-state index contributed by atoms with van der Waals surface area (Å²) < 4.78 is 11.2. The van der Waals surface area contributed by atoms with E-state index in [-0.39, 0.29) is 18.6 Å². The van der Waals surface area contributed by atoms with Gasteiger partial charge in [-0.1, -0.05) is 23.7 Å². The molecule has 22 heavy (non-hydrogen) atoms. The van der Waals surface area contributed by atoms with E-state index in [1.165, 1.54) is 0 Å². The third-order valence-corrected chi connectivity index (χ3v) is 4.00. The van der Waals surface area contributed by atoms with Crippen molar-refractivity contribution in [3.05, 3.63) is 29.3 Å². The number of amides is 1. The third kappa shape index (κ3) is 5.16. The average molecular weight is 327 g/mol. The average Bonchev–Trinajstić information content (AvgIpc) is 2.55. The molecule has 0 bridgehead atoms. The first-order valence-corrected chi connectivity index (χ1v) is 8.05. The van der Waals surface area contributed by atoms with E-state index in [9.17, 15) is 4.79 Å². The summed E-state index contributed by atoms with van der Waals surface area (Å²) in [5.41, 5.74) is 5.44. The van der Waals surface area contributed by atoms with E-state index in [1.54, 1.807) is 12.1 Å². The number of benzene rings is 1. The van der Waals surface area contributed by atoms with E-state index < -0.39 is 0 Å². The number of halogens is 1. The molecule has 122 valence electrons. The molecule has 1 fully saturated rings. The highest BCUT2D eigenvalue weighted by Gasteiger charge is 2.23. The number of nitrogens with two attached hydrogens (primary N) is 1. The highest BCUT2D eigenvalue weighted by Crippen LogP contribution is 2.23. The van der Waals surface area contributed by atoms with Crippen molar-refractivity contribution in [1.29, 1.82) is 0 Å². The number of hydrogen-bond acceptors (Lipinski definition) is 4. The van der Waals surface area contributed by atoms with Crippen LogP contribution in [0.15, 0.2) is 24.3 Å². The zero-order valence-corrected chi connectivity index (χ0v) is 13.4. The zero-order valence-electron chi connectivity index (χ0n) is 12.7. The summed E-state index contributed by atoms with van der Waals surface area (Å²) in [4.78, 5) is 14.0. The van der Waals surface area contributed by atoms with Crippen molar-refractivity contribution in [2.45, 2.75) is 25.4 Å². The van der Waals surface area contributed by atoms with Gasteiger partial charge in [0.1, 0.15) is 5.75 Å². The van der Waals surface area contributed by atoms with Crippen molar-refractivity contribution in [2.24, 2.45) is 5.73 Å². The number of para-hydroxylation sites is 1. The van der Waals surface area contributed by atoms with E-state index in [0.717, 1.165) is 19.3 Å². The quantitative estimate of drug-likeness (QED) is 0.779. The molecule has 0 radical (unpaired) electrons. The van der Waals surface area contributed by atoms with Crippen molar-refractivity contribution >= 4 is 17.5 Å². The molecule has 1 aromatic rings. The summed E-state index contributed by atoms with van der Waals surface area (Å²) >= 11 is 6.00. The zero-order chi connectivity index (χ0) is 15.8. The Kier molecular flexibility index (Phi) is 6.96. The maximum Gasteiger partial charge on any atom is 0.260 e. The molecule has 1 aliphatic heterocycles. The van der Waals surface area contributed by atoms with Crippen LogP contribution in [0.2, 0.25) is 5.02 Å². The fourth-order valence-electron chi connectivity index (χ4n) is 2.40. The van der Waals surface area contributed by atoms with Crippen LogP contribution in [0.5, 0.6) is 5.75 Å². The molecular weight excluding hydrogens is 304 g/mol. The smallest absolute Gasteiger partial charge is 0.260 e. The maximum absolute atomic E-state index is 12.2. The minimum atomic E-state index is -0.0136. The Bertz CT molecular complexity index is 476. The van der Waals surface area contributed by atoms with Crippen LogP contribution in [0.3, 0.4) is 0 Å². The Balaban J connectivity index is 1.70. The molecule has 6 heteroatoms. The number of carbonyl (C=O) groups is 1. The molecule has 1 aliphatic rings. The molecule has 1 amide bonds. The summed E-state index contributed by atoms with van der Waals surface area (Å²) in [5.74, 6) is 0.526. The van der Waals surface area contributed by atoms with Gasteiger partial charge in [0.05, 0.1) is 11.1 Å². The standard InChI is InChI=1S/C16H23ClN2O3/c17-14-4-1-2-5-15(14)22-12-16(20)19-9-6-13(7-10-19)21-11-3-8-18/h1-2,4-5,13H,3,6-12,18H2. The minimum Gasteiger partial charge on any atom is -0.482 e. The highest BCUT2D eigenvalue weighted by atomic mass is 35.5. The first-order valence-electron chi connectivity index (χ1n) is 7.67. The van der Waals surface area contributed by atoms with Gasteiger partial charge in [0, 0.05) is 19.7 Å².